The minimum absolute atomic E-state index is 0.0405. The van der Waals surface area contributed by atoms with Crippen LogP contribution in [0, 0.1) is 0 Å². The second kappa shape index (κ2) is 7.24. The quantitative estimate of drug-likeness (QED) is 0.829. The fraction of sp³-hybridized carbons (Fsp3) is 0.600. The van der Waals surface area contributed by atoms with Crippen LogP contribution < -0.4 is 10.1 Å². The summed E-state index contributed by atoms with van der Waals surface area (Å²) in [4.78, 5) is 0.277. The van der Waals surface area contributed by atoms with Crippen LogP contribution in [0.4, 0.5) is 0 Å². The summed E-state index contributed by atoms with van der Waals surface area (Å²) in [7, 11) is -3.20. The predicted molar refractivity (Wildman–Crippen MR) is 81.5 cm³/mol. The smallest absolute Gasteiger partial charge is 0.175 e. The van der Waals surface area contributed by atoms with Gasteiger partial charge in [-0.2, -0.15) is 0 Å². The summed E-state index contributed by atoms with van der Waals surface area (Å²) in [6.45, 7) is 4.34. The zero-order valence-corrected chi connectivity index (χ0v) is 13.4. The molecule has 1 aliphatic rings. The van der Waals surface area contributed by atoms with Gasteiger partial charge in [0, 0.05) is 26.0 Å². The number of nitrogens with one attached hydrogen (secondary N) is 1. The maximum atomic E-state index is 11.5. The molecule has 1 aromatic carbocycles. The first-order valence-electron chi connectivity index (χ1n) is 7.24. The van der Waals surface area contributed by atoms with E-state index in [2.05, 4.69) is 5.32 Å². The fourth-order valence-electron chi connectivity index (χ4n) is 2.31. The van der Waals surface area contributed by atoms with Crippen LogP contribution in [-0.2, 0) is 14.6 Å². The molecule has 2 atom stereocenters. The number of hydrogen-bond acceptors (Lipinski definition) is 5. The zero-order chi connectivity index (χ0) is 15.3. The van der Waals surface area contributed by atoms with Crippen molar-refractivity contribution in [2.45, 2.75) is 36.9 Å². The molecule has 0 spiro atoms. The summed E-state index contributed by atoms with van der Waals surface area (Å²) in [5.74, 6) is 0.573. The van der Waals surface area contributed by atoms with Gasteiger partial charge in [-0.3, -0.25) is 0 Å². The van der Waals surface area contributed by atoms with E-state index in [4.69, 9.17) is 9.47 Å². The minimum atomic E-state index is -3.20. The van der Waals surface area contributed by atoms with Crippen molar-refractivity contribution < 1.29 is 17.9 Å². The molecular weight excluding hydrogens is 290 g/mol. The fourth-order valence-corrected chi connectivity index (χ4v) is 2.96. The third kappa shape index (κ3) is 5.30. The lowest BCUT2D eigenvalue weighted by molar-refractivity contribution is 0.106. The topological polar surface area (TPSA) is 64.6 Å². The first-order chi connectivity index (χ1) is 9.95. The van der Waals surface area contributed by atoms with E-state index in [1.54, 1.807) is 24.3 Å². The van der Waals surface area contributed by atoms with Gasteiger partial charge in [0.15, 0.2) is 9.84 Å². The Kier molecular flexibility index (Phi) is 5.61. The van der Waals surface area contributed by atoms with Crippen LogP contribution in [0.3, 0.4) is 0 Å². The Hall–Kier alpha value is -1.11. The second-order valence-electron chi connectivity index (χ2n) is 5.47. The first kappa shape index (κ1) is 16.3. The summed E-state index contributed by atoms with van der Waals surface area (Å²) in [6.07, 6.45) is 3.71. The molecule has 2 rings (SSSR count). The van der Waals surface area contributed by atoms with Crippen molar-refractivity contribution in [1.82, 2.24) is 5.32 Å². The third-order valence-electron chi connectivity index (χ3n) is 3.40. The molecule has 1 N–H and O–H groups in total. The van der Waals surface area contributed by atoms with E-state index in [1.165, 1.54) is 6.26 Å². The van der Waals surface area contributed by atoms with E-state index in [0.29, 0.717) is 18.4 Å². The summed E-state index contributed by atoms with van der Waals surface area (Å²) in [6, 6.07) is 6.60. The summed E-state index contributed by atoms with van der Waals surface area (Å²) < 4.78 is 34.3. The van der Waals surface area contributed by atoms with Gasteiger partial charge in [-0.1, -0.05) is 6.07 Å². The van der Waals surface area contributed by atoms with Gasteiger partial charge >= 0.3 is 0 Å². The molecule has 0 aliphatic carbocycles. The summed E-state index contributed by atoms with van der Waals surface area (Å²) >= 11 is 0. The molecule has 1 saturated heterocycles. The number of hydrogen-bond donors (Lipinski definition) is 1. The van der Waals surface area contributed by atoms with E-state index < -0.39 is 9.84 Å². The zero-order valence-electron chi connectivity index (χ0n) is 12.5. The highest BCUT2D eigenvalue weighted by molar-refractivity contribution is 7.90. The van der Waals surface area contributed by atoms with Crippen LogP contribution in [0.15, 0.2) is 29.2 Å². The molecule has 0 radical (unpaired) electrons. The Morgan fingerprint density at radius 3 is 2.95 bits per heavy atom. The second-order valence-corrected chi connectivity index (χ2v) is 7.48. The molecule has 0 aromatic heterocycles. The van der Waals surface area contributed by atoms with Gasteiger partial charge in [-0.05, 0) is 38.0 Å². The maximum Gasteiger partial charge on any atom is 0.175 e. The Morgan fingerprint density at radius 1 is 1.48 bits per heavy atom. The number of ether oxygens (including phenoxy) is 2. The van der Waals surface area contributed by atoms with Crippen LogP contribution in [0.2, 0.25) is 0 Å². The van der Waals surface area contributed by atoms with Crippen molar-refractivity contribution >= 4 is 9.84 Å². The van der Waals surface area contributed by atoms with Gasteiger partial charge in [0.1, 0.15) is 11.9 Å². The molecular formula is C15H23NO4S. The van der Waals surface area contributed by atoms with Gasteiger partial charge in [0.25, 0.3) is 0 Å². The maximum absolute atomic E-state index is 11.5. The SMILES string of the molecule is CC(CNCC1CCCO1)Oc1cccc(S(C)(=O)=O)c1. The minimum Gasteiger partial charge on any atom is -0.489 e. The molecule has 1 aliphatic heterocycles. The highest BCUT2D eigenvalue weighted by atomic mass is 32.2. The van der Waals surface area contributed by atoms with Crippen molar-refractivity contribution in [1.29, 1.82) is 0 Å². The number of rotatable bonds is 7. The van der Waals surface area contributed by atoms with Crippen molar-refractivity contribution in [2.75, 3.05) is 26.0 Å². The summed E-state index contributed by atoms with van der Waals surface area (Å²) in [5, 5.41) is 3.32. The van der Waals surface area contributed by atoms with Crippen LogP contribution in [-0.4, -0.2) is 46.6 Å². The average Bonchev–Trinajstić information content (AvgIpc) is 2.91. The van der Waals surface area contributed by atoms with Crippen LogP contribution in [0.5, 0.6) is 5.75 Å². The highest BCUT2D eigenvalue weighted by Crippen LogP contribution is 2.18. The molecule has 118 valence electrons. The van der Waals surface area contributed by atoms with E-state index in [1.807, 2.05) is 6.92 Å². The number of benzene rings is 1. The van der Waals surface area contributed by atoms with Crippen molar-refractivity contribution in [2.24, 2.45) is 0 Å². The van der Waals surface area contributed by atoms with Crippen molar-refractivity contribution in [3.05, 3.63) is 24.3 Å². The Labute approximate surface area is 126 Å². The molecule has 2 unspecified atom stereocenters. The van der Waals surface area contributed by atoms with E-state index in [-0.39, 0.29) is 11.0 Å². The lowest BCUT2D eigenvalue weighted by Gasteiger charge is -2.17. The van der Waals surface area contributed by atoms with Crippen LogP contribution in [0.1, 0.15) is 19.8 Å². The standard InChI is InChI=1S/C15H23NO4S/c1-12(10-16-11-14-6-4-8-19-14)20-13-5-3-7-15(9-13)21(2,17)18/h3,5,7,9,12,14,16H,4,6,8,10-11H2,1-2H3. The molecule has 0 amide bonds. The van der Waals surface area contributed by atoms with Crippen molar-refractivity contribution in [3.63, 3.8) is 0 Å². The van der Waals surface area contributed by atoms with Crippen LogP contribution >= 0.6 is 0 Å². The Balaban J connectivity index is 1.80. The molecule has 1 heterocycles. The van der Waals surface area contributed by atoms with Gasteiger partial charge in [0.2, 0.25) is 0 Å². The lowest BCUT2D eigenvalue weighted by Crippen LogP contribution is -2.34. The monoisotopic (exact) mass is 313 g/mol. The predicted octanol–water partition coefficient (Wildman–Crippen LogP) is 1.63. The summed E-state index contributed by atoms with van der Waals surface area (Å²) in [5.41, 5.74) is 0. The van der Waals surface area contributed by atoms with Gasteiger partial charge in [-0.25, -0.2) is 8.42 Å². The molecule has 5 nitrogen and oxygen atoms in total. The third-order valence-corrected chi connectivity index (χ3v) is 4.51. The normalized spacial score (nSPS) is 20.4. The molecule has 21 heavy (non-hydrogen) atoms. The molecule has 1 fully saturated rings. The average molecular weight is 313 g/mol. The van der Waals surface area contributed by atoms with E-state index >= 15 is 0 Å². The van der Waals surface area contributed by atoms with Gasteiger partial charge in [0.05, 0.1) is 11.0 Å². The van der Waals surface area contributed by atoms with Crippen molar-refractivity contribution in [3.8, 4) is 5.75 Å². The molecule has 6 heteroatoms. The van der Waals surface area contributed by atoms with E-state index in [9.17, 15) is 8.42 Å². The Bertz CT molecular complexity index is 553. The molecule has 1 aromatic rings. The number of sulfone groups is 1. The largest absolute Gasteiger partial charge is 0.489 e. The lowest BCUT2D eigenvalue weighted by atomic mass is 10.2. The molecule has 0 bridgehead atoms. The Morgan fingerprint density at radius 2 is 2.29 bits per heavy atom. The highest BCUT2D eigenvalue weighted by Gasteiger charge is 2.15. The first-order valence-corrected chi connectivity index (χ1v) is 9.13. The van der Waals surface area contributed by atoms with Gasteiger partial charge in [-0.15, -0.1) is 0 Å². The van der Waals surface area contributed by atoms with Gasteiger partial charge < -0.3 is 14.8 Å². The van der Waals surface area contributed by atoms with Crippen LogP contribution in [0.25, 0.3) is 0 Å². The molecule has 0 saturated carbocycles. The van der Waals surface area contributed by atoms with E-state index in [0.717, 1.165) is 26.0 Å².